The van der Waals surface area contributed by atoms with Gasteiger partial charge in [0, 0.05) is 33.0 Å². The van der Waals surface area contributed by atoms with Crippen molar-refractivity contribution in [3.05, 3.63) is 200 Å². The van der Waals surface area contributed by atoms with Crippen molar-refractivity contribution < 1.29 is 0 Å². The predicted octanol–water partition coefficient (Wildman–Crippen LogP) is 12.4. The van der Waals surface area contributed by atoms with Crippen molar-refractivity contribution in [1.29, 1.82) is 0 Å². The van der Waals surface area contributed by atoms with Gasteiger partial charge in [-0.05, 0) is 45.8 Å². The van der Waals surface area contributed by atoms with Crippen LogP contribution in [0.15, 0.2) is 200 Å². The lowest BCUT2D eigenvalue weighted by molar-refractivity contribution is 0.918. The number of rotatable bonds is 7. The minimum absolute atomic E-state index is 0.619. The highest BCUT2D eigenvalue weighted by Crippen LogP contribution is 2.42. The average Bonchev–Trinajstić information content (AvgIpc) is 3.69. The molecule has 5 nitrogen and oxygen atoms in total. The third-order valence-corrected chi connectivity index (χ3v) is 10.1. The minimum Gasteiger partial charge on any atom is -0.232 e. The first-order chi connectivity index (χ1) is 27.3. The van der Waals surface area contributed by atoms with Gasteiger partial charge in [0.2, 0.25) is 0 Å². The molecule has 0 saturated heterocycles. The van der Waals surface area contributed by atoms with Crippen LogP contribution in [0.2, 0.25) is 0 Å². The van der Waals surface area contributed by atoms with E-state index in [0.717, 1.165) is 72.0 Å². The van der Waals surface area contributed by atoms with Gasteiger partial charge < -0.3 is 0 Å². The van der Waals surface area contributed by atoms with E-state index >= 15 is 0 Å². The van der Waals surface area contributed by atoms with Gasteiger partial charge in [-0.3, -0.25) is 0 Å². The number of hydrogen-bond donors (Lipinski definition) is 0. The van der Waals surface area contributed by atoms with Crippen molar-refractivity contribution in [2.45, 2.75) is 0 Å². The molecule has 0 unspecified atom stereocenters. The molecule has 10 aromatic rings. The van der Waals surface area contributed by atoms with Gasteiger partial charge in [-0.1, -0.05) is 182 Å². The molecule has 0 atom stereocenters. The maximum Gasteiger partial charge on any atom is 0.164 e. The molecule has 0 N–H and O–H groups in total. The van der Waals surface area contributed by atoms with Crippen molar-refractivity contribution in [2.75, 3.05) is 0 Å². The van der Waals surface area contributed by atoms with Crippen LogP contribution in [-0.4, -0.2) is 24.7 Å². The summed E-state index contributed by atoms with van der Waals surface area (Å²) in [5.74, 6) is 1.88. The Hall–Kier alpha value is -7.50. The van der Waals surface area contributed by atoms with Gasteiger partial charge in [0.25, 0.3) is 0 Å². The molecule has 0 fully saturated rings. The van der Waals surface area contributed by atoms with E-state index in [1.807, 2.05) is 48.5 Å². The standard InChI is InChI=1S/C50H33N5/c1-5-15-34(16-6-1)35-25-29-39(30-26-35)49-51-48(38-19-9-3-10-20-38)52-50(53-49)40-31-27-36(28-32-40)44-33-41-21-13-14-24-43(41)47-45(44)46(37-17-7-2-8-18-37)54-55(47)42-22-11-4-12-23-42/h1-33H. The summed E-state index contributed by atoms with van der Waals surface area (Å²) in [6, 6.07) is 69.2. The molecule has 0 aliphatic heterocycles. The molecule has 0 aliphatic rings. The van der Waals surface area contributed by atoms with Crippen LogP contribution >= 0.6 is 0 Å². The lowest BCUT2D eigenvalue weighted by Gasteiger charge is -2.12. The normalized spacial score (nSPS) is 11.3. The van der Waals surface area contributed by atoms with Crippen LogP contribution in [0.5, 0.6) is 0 Å². The van der Waals surface area contributed by atoms with Crippen LogP contribution in [0.4, 0.5) is 0 Å². The van der Waals surface area contributed by atoms with Crippen LogP contribution < -0.4 is 0 Å². The predicted molar refractivity (Wildman–Crippen MR) is 225 cm³/mol. The van der Waals surface area contributed by atoms with Gasteiger partial charge in [0.1, 0.15) is 5.69 Å². The molecule has 0 amide bonds. The van der Waals surface area contributed by atoms with Crippen LogP contribution in [0.1, 0.15) is 0 Å². The summed E-state index contributed by atoms with van der Waals surface area (Å²) in [7, 11) is 0. The minimum atomic E-state index is 0.619. The largest absolute Gasteiger partial charge is 0.232 e. The van der Waals surface area contributed by atoms with Gasteiger partial charge in [0.05, 0.1) is 11.2 Å². The number of hydrogen-bond acceptors (Lipinski definition) is 4. The molecule has 5 heteroatoms. The van der Waals surface area contributed by atoms with Gasteiger partial charge in [-0.15, -0.1) is 0 Å². The van der Waals surface area contributed by atoms with Crippen LogP contribution in [0, 0.1) is 0 Å². The highest BCUT2D eigenvalue weighted by atomic mass is 15.3. The zero-order chi connectivity index (χ0) is 36.6. The van der Waals surface area contributed by atoms with E-state index in [1.54, 1.807) is 0 Å². The molecule has 0 spiro atoms. The summed E-state index contributed by atoms with van der Waals surface area (Å²) in [5, 5.41) is 8.73. The van der Waals surface area contributed by atoms with Crippen molar-refractivity contribution in [1.82, 2.24) is 24.7 Å². The third kappa shape index (κ3) is 6.04. The van der Waals surface area contributed by atoms with Gasteiger partial charge in [0.15, 0.2) is 17.5 Å². The Morgan fingerprint density at radius 1 is 0.345 bits per heavy atom. The molecule has 55 heavy (non-hydrogen) atoms. The Kier molecular flexibility index (Phi) is 8.08. The number of aromatic nitrogens is 5. The maximum atomic E-state index is 5.32. The van der Waals surface area contributed by atoms with E-state index in [0.29, 0.717) is 17.5 Å². The van der Waals surface area contributed by atoms with Crippen molar-refractivity contribution in [2.24, 2.45) is 0 Å². The zero-order valence-electron chi connectivity index (χ0n) is 29.8. The first-order valence-corrected chi connectivity index (χ1v) is 18.4. The fraction of sp³-hybridized carbons (Fsp3) is 0. The van der Waals surface area contributed by atoms with Gasteiger partial charge in [-0.2, -0.15) is 5.10 Å². The van der Waals surface area contributed by atoms with E-state index in [4.69, 9.17) is 20.1 Å². The number of para-hydroxylation sites is 1. The molecule has 2 aromatic heterocycles. The quantitative estimate of drug-likeness (QED) is 0.166. The van der Waals surface area contributed by atoms with Crippen molar-refractivity contribution >= 4 is 21.7 Å². The zero-order valence-corrected chi connectivity index (χ0v) is 29.8. The Morgan fingerprint density at radius 3 is 1.35 bits per heavy atom. The van der Waals surface area contributed by atoms with Crippen LogP contribution in [0.25, 0.3) is 95.0 Å². The molecule has 0 saturated carbocycles. The molecular weight excluding hydrogens is 671 g/mol. The fourth-order valence-electron chi connectivity index (χ4n) is 7.36. The lowest BCUT2D eigenvalue weighted by atomic mass is 9.93. The molecule has 0 aliphatic carbocycles. The highest BCUT2D eigenvalue weighted by Gasteiger charge is 2.21. The fourth-order valence-corrected chi connectivity index (χ4v) is 7.36. The maximum absolute atomic E-state index is 5.32. The second-order valence-electron chi connectivity index (χ2n) is 13.5. The first-order valence-electron chi connectivity index (χ1n) is 18.4. The average molecular weight is 704 g/mol. The molecule has 0 bridgehead atoms. The summed E-state index contributed by atoms with van der Waals surface area (Å²) < 4.78 is 2.10. The first kappa shape index (κ1) is 32.2. The number of nitrogens with zero attached hydrogens (tertiary/aromatic N) is 5. The Balaban J connectivity index is 1.12. The molecule has 10 rings (SSSR count). The molecule has 0 radical (unpaired) electrons. The Morgan fingerprint density at radius 2 is 0.764 bits per heavy atom. The monoisotopic (exact) mass is 703 g/mol. The number of fused-ring (bicyclic) bond motifs is 3. The number of benzene rings is 8. The van der Waals surface area contributed by atoms with Crippen LogP contribution in [0.3, 0.4) is 0 Å². The van der Waals surface area contributed by atoms with E-state index < -0.39 is 0 Å². The van der Waals surface area contributed by atoms with Crippen molar-refractivity contribution in [3.8, 4) is 73.4 Å². The van der Waals surface area contributed by atoms with Gasteiger partial charge in [-0.25, -0.2) is 19.6 Å². The SMILES string of the molecule is c1ccc(-c2ccc(-c3nc(-c4ccccc4)nc(-c4ccc(-c5cc6ccccc6c6c5c(-c5ccccc5)nn6-c5ccccc5)cc4)n3)cc2)cc1. The Labute approximate surface area is 318 Å². The topological polar surface area (TPSA) is 56.5 Å². The summed E-state index contributed by atoms with van der Waals surface area (Å²) in [6.45, 7) is 0. The summed E-state index contributed by atoms with van der Waals surface area (Å²) in [6.07, 6.45) is 0. The van der Waals surface area contributed by atoms with Crippen molar-refractivity contribution in [3.63, 3.8) is 0 Å². The summed E-state index contributed by atoms with van der Waals surface area (Å²) >= 11 is 0. The molecule has 8 aromatic carbocycles. The molecule has 2 heterocycles. The lowest BCUT2D eigenvalue weighted by Crippen LogP contribution is -2.00. The molecular formula is C50H33N5. The van der Waals surface area contributed by atoms with Crippen LogP contribution in [-0.2, 0) is 0 Å². The smallest absolute Gasteiger partial charge is 0.164 e. The second-order valence-corrected chi connectivity index (χ2v) is 13.5. The second kappa shape index (κ2) is 13.8. The van der Waals surface area contributed by atoms with E-state index in [2.05, 4.69) is 156 Å². The third-order valence-electron chi connectivity index (χ3n) is 10.1. The Bertz CT molecular complexity index is 2920. The summed E-state index contributed by atoms with van der Waals surface area (Å²) in [5.41, 5.74) is 11.4. The molecule has 258 valence electrons. The van der Waals surface area contributed by atoms with E-state index in [9.17, 15) is 0 Å². The highest BCUT2D eigenvalue weighted by molar-refractivity contribution is 6.17. The van der Waals surface area contributed by atoms with E-state index in [1.165, 1.54) is 5.56 Å². The van der Waals surface area contributed by atoms with Gasteiger partial charge >= 0.3 is 0 Å². The van der Waals surface area contributed by atoms with E-state index in [-0.39, 0.29) is 0 Å². The summed E-state index contributed by atoms with van der Waals surface area (Å²) in [4.78, 5) is 15.0.